The molecule has 0 saturated heterocycles. The maximum Gasteiger partial charge on any atom is 0.333 e. The number of carbonyl (C=O) groups is 1. The molecule has 1 aliphatic heterocycles. The summed E-state index contributed by atoms with van der Waals surface area (Å²) < 4.78 is 26.6. The fourth-order valence-electron chi connectivity index (χ4n) is 3.18. The maximum atomic E-state index is 13.0. The van der Waals surface area contributed by atoms with E-state index in [0.717, 1.165) is 11.4 Å². The van der Waals surface area contributed by atoms with E-state index >= 15 is 0 Å². The van der Waals surface area contributed by atoms with Gasteiger partial charge in [-0.3, -0.25) is 4.79 Å². The summed E-state index contributed by atoms with van der Waals surface area (Å²) in [5.41, 5.74) is 2.98. The van der Waals surface area contributed by atoms with E-state index in [9.17, 15) is 13.6 Å². The van der Waals surface area contributed by atoms with Crippen LogP contribution in [-0.2, 0) is 11.2 Å². The number of anilines is 2. The first-order valence-electron chi connectivity index (χ1n) is 7.93. The van der Waals surface area contributed by atoms with Gasteiger partial charge in [-0.05, 0) is 32.0 Å². The standard InChI is InChI=1S/C17H19ClF2N4O/c1-10-13(11(2)24(21-10)17(19)20)9-16(25)23-7-6-22(3)14-5-4-12(18)8-15(14)23/h4-5,8,17H,6-7,9H2,1-3H3. The zero-order valence-corrected chi connectivity index (χ0v) is 15.0. The van der Waals surface area contributed by atoms with Gasteiger partial charge in [-0.25, -0.2) is 4.68 Å². The second-order valence-electron chi connectivity index (χ2n) is 6.15. The Morgan fingerprint density at radius 3 is 2.64 bits per heavy atom. The number of rotatable bonds is 3. The highest BCUT2D eigenvalue weighted by Crippen LogP contribution is 2.35. The van der Waals surface area contributed by atoms with Gasteiger partial charge >= 0.3 is 6.55 Å². The second-order valence-corrected chi connectivity index (χ2v) is 6.58. The SMILES string of the molecule is Cc1nn(C(F)F)c(C)c1CC(=O)N1CCN(C)c2ccc(Cl)cc21. The number of aryl methyl sites for hydroxylation is 1. The molecule has 0 saturated carbocycles. The normalized spacial score (nSPS) is 14.2. The van der Waals surface area contributed by atoms with Gasteiger partial charge in [0.25, 0.3) is 0 Å². The molecule has 8 heteroatoms. The summed E-state index contributed by atoms with van der Waals surface area (Å²) in [5.74, 6) is -0.156. The van der Waals surface area contributed by atoms with Crippen LogP contribution in [0.2, 0.25) is 5.02 Å². The summed E-state index contributed by atoms with van der Waals surface area (Å²) in [6.45, 7) is 1.69. The fourth-order valence-corrected chi connectivity index (χ4v) is 3.34. The number of fused-ring (bicyclic) bond motifs is 1. The van der Waals surface area contributed by atoms with Crippen molar-refractivity contribution < 1.29 is 13.6 Å². The molecule has 25 heavy (non-hydrogen) atoms. The molecule has 0 spiro atoms. The summed E-state index contributed by atoms with van der Waals surface area (Å²) in [6.07, 6.45) is 0.0278. The predicted molar refractivity (Wildman–Crippen MR) is 93.7 cm³/mol. The lowest BCUT2D eigenvalue weighted by atomic mass is 10.1. The predicted octanol–water partition coefficient (Wildman–Crippen LogP) is 3.57. The van der Waals surface area contributed by atoms with Crippen molar-refractivity contribution in [3.05, 3.63) is 40.2 Å². The molecule has 5 nitrogen and oxygen atoms in total. The van der Waals surface area contributed by atoms with Crippen LogP contribution in [0.25, 0.3) is 0 Å². The summed E-state index contributed by atoms with van der Waals surface area (Å²) >= 11 is 6.09. The average Bonchev–Trinajstić information content (AvgIpc) is 2.83. The van der Waals surface area contributed by atoms with Gasteiger partial charge in [0.1, 0.15) is 0 Å². The first-order chi connectivity index (χ1) is 11.8. The van der Waals surface area contributed by atoms with Crippen LogP contribution < -0.4 is 9.80 Å². The van der Waals surface area contributed by atoms with Gasteiger partial charge in [0, 0.05) is 36.4 Å². The zero-order chi connectivity index (χ0) is 18.3. The number of amides is 1. The lowest BCUT2D eigenvalue weighted by Gasteiger charge is -2.36. The van der Waals surface area contributed by atoms with Crippen LogP contribution in [0, 0.1) is 13.8 Å². The molecule has 0 bridgehead atoms. The van der Waals surface area contributed by atoms with Gasteiger partial charge in [-0.15, -0.1) is 0 Å². The third-order valence-electron chi connectivity index (χ3n) is 4.59. The Hall–Kier alpha value is -2.15. The molecule has 1 aliphatic rings. The van der Waals surface area contributed by atoms with Gasteiger partial charge in [-0.1, -0.05) is 11.6 Å². The Labute approximate surface area is 149 Å². The molecule has 0 radical (unpaired) electrons. The van der Waals surface area contributed by atoms with E-state index in [0.29, 0.717) is 39.7 Å². The minimum atomic E-state index is -2.72. The lowest BCUT2D eigenvalue weighted by Crippen LogP contribution is -2.43. The molecule has 134 valence electrons. The summed E-state index contributed by atoms with van der Waals surface area (Å²) in [6, 6.07) is 5.42. The van der Waals surface area contributed by atoms with Crippen LogP contribution in [0.5, 0.6) is 0 Å². The molecule has 2 heterocycles. The summed E-state index contributed by atoms with van der Waals surface area (Å²) in [5, 5.41) is 4.39. The maximum absolute atomic E-state index is 13.0. The van der Waals surface area contributed by atoms with Crippen LogP contribution >= 0.6 is 11.6 Å². The Morgan fingerprint density at radius 2 is 2.00 bits per heavy atom. The van der Waals surface area contributed by atoms with E-state index in [2.05, 4.69) is 10.00 Å². The van der Waals surface area contributed by atoms with Crippen LogP contribution in [0.4, 0.5) is 20.2 Å². The first-order valence-corrected chi connectivity index (χ1v) is 8.31. The Bertz CT molecular complexity index is 821. The highest BCUT2D eigenvalue weighted by molar-refractivity contribution is 6.31. The van der Waals surface area contributed by atoms with E-state index in [-0.39, 0.29) is 12.3 Å². The molecule has 0 atom stereocenters. The van der Waals surface area contributed by atoms with E-state index < -0.39 is 6.55 Å². The molecular weight excluding hydrogens is 350 g/mol. The molecule has 3 rings (SSSR count). The highest BCUT2D eigenvalue weighted by Gasteiger charge is 2.27. The number of carbonyl (C=O) groups excluding carboxylic acids is 1. The van der Waals surface area contributed by atoms with Crippen LogP contribution in [0.1, 0.15) is 23.5 Å². The van der Waals surface area contributed by atoms with Gasteiger partial charge in [0.05, 0.1) is 23.5 Å². The molecule has 1 aromatic carbocycles. The average molecular weight is 369 g/mol. The second kappa shape index (κ2) is 6.63. The smallest absolute Gasteiger partial charge is 0.333 e. The minimum Gasteiger partial charge on any atom is -0.371 e. The fraction of sp³-hybridized carbons (Fsp3) is 0.412. The number of hydrogen-bond donors (Lipinski definition) is 0. The number of alkyl halides is 2. The Kier molecular flexibility index (Phi) is 4.69. The van der Waals surface area contributed by atoms with Crippen molar-refractivity contribution in [2.24, 2.45) is 0 Å². The molecule has 1 aromatic heterocycles. The summed E-state index contributed by atoms with van der Waals surface area (Å²) in [7, 11) is 1.95. The van der Waals surface area contributed by atoms with E-state index in [4.69, 9.17) is 11.6 Å². The number of likely N-dealkylation sites (N-methyl/N-ethyl adjacent to an activating group) is 1. The van der Waals surface area contributed by atoms with Crippen molar-refractivity contribution in [2.75, 3.05) is 29.9 Å². The van der Waals surface area contributed by atoms with Crippen molar-refractivity contribution in [3.63, 3.8) is 0 Å². The topological polar surface area (TPSA) is 41.4 Å². The molecule has 0 aliphatic carbocycles. The molecule has 0 N–H and O–H groups in total. The minimum absolute atomic E-state index is 0.0278. The van der Waals surface area contributed by atoms with Crippen molar-refractivity contribution in [3.8, 4) is 0 Å². The quantitative estimate of drug-likeness (QED) is 0.831. The largest absolute Gasteiger partial charge is 0.371 e. The monoisotopic (exact) mass is 368 g/mol. The number of aromatic nitrogens is 2. The highest BCUT2D eigenvalue weighted by atomic mass is 35.5. The van der Waals surface area contributed by atoms with Gasteiger partial charge in [0.2, 0.25) is 5.91 Å². The van der Waals surface area contributed by atoms with Gasteiger partial charge in [-0.2, -0.15) is 13.9 Å². The van der Waals surface area contributed by atoms with E-state index in [1.807, 2.05) is 13.1 Å². The third-order valence-corrected chi connectivity index (χ3v) is 4.82. The molecule has 1 amide bonds. The van der Waals surface area contributed by atoms with Gasteiger partial charge < -0.3 is 9.80 Å². The van der Waals surface area contributed by atoms with Gasteiger partial charge in [0.15, 0.2) is 0 Å². The van der Waals surface area contributed by atoms with Crippen molar-refractivity contribution >= 4 is 28.9 Å². The van der Waals surface area contributed by atoms with E-state index in [1.165, 1.54) is 0 Å². The number of nitrogens with zero attached hydrogens (tertiary/aromatic N) is 4. The third kappa shape index (κ3) is 3.20. The number of hydrogen-bond acceptors (Lipinski definition) is 3. The van der Waals surface area contributed by atoms with Crippen molar-refractivity contribution in [1.82, 2.24) is 9.78 Å². The Balaban J connectivity index is 1.91. The molecular formula is C17H19ClF2N4O. The molecule has 2 aromatic rings. The molecule has 0 fully saturated rings. The van der Waals surface area contributed by atoms with Crippen LogP contribution in [0.3, 0.4) is 0 Å². The Morgan fingerprint density at radius 1 is 1.28 bits per heavy atom. The first kappa shape index (κ1) is 17.7. The van der Waals surface area contributed by atoms with E-state index in [1.54, 1.807) is 30.9 Å². The number of halogens is 3. The molecule has 0 unspecified atom stereocenters. The van der Waals surface area contributed by atoms with Crippen molar-refractivity contribution in [2.45, 2.75) is 26.8 Å². The lowest BCUT2D eigenvalue weighted by molar-refractivity contribution is -0.118. The summed E-state index contributed by atoms with van der Waals surface area (Å²) in [4.78, 5) is 16.6. The van der Waals surface area contributed by atoms with Crippen LogP contribution in [-0.4, -0.2) is 35.8 Å². The van der Waals surface area contributed by atoms with Crippen LogP contribution in [0.15, 0.2) is 18.2 Å². The zero-order valence-electron chi connectivity index (χ0n) is 14.3. The number of benzene rings is 1. The van der Waals surface area contributed by atoms with Crippen molar-refractivity contribution in [1.29, 1.82) is 0 Å².